The van der Waals surface area contributed by atoms with Gasteiger partial charge in [-0.25, -0.2) is 18.1 Å². The predicted molar refractivity (Wildman–Crippen MR) is 118 cm³/mol. The summed E-state index contributed by atoms with van der Waals surface area (Å²) in [6.07, 6.45) is 2.89. The Hall–Kier alpha value is -3.20. The normalized spacial score (nSPS) is 12.4. The van der Waals surface area contributed by atoms with E-state index < -0.39 is 27.8 Å². The quantitative estimate of drug-likeness (QED) is 0.562. The average molecular weight is 446 g/mol. The fourth-order valence-corrected chi connectivity index (χ4v) is 3.74. The van der Waals surface area contributed by atoms with Gasteiger partial charge < -0.3 is 9.64 Å². The van der Waals surface area contributed by atoms with Gasteiger partial charge in [-0.15, -0.1) is 0 Å². The SMILES string of the molecule is CCN(CC)C(=O)C(Cc1ccc(OC)nc1)C(=O)NS(=O)(=O)/C=C/c1ccccc1. The number of ether oxygens (including phenoxy) is 1. The van der Waals surface area contributed by atoms with Crippen LogP contribution in [0.1, 0.15) is 25.0 Å². The Kier molecular flexibility index (Phi) is 8.75. The summed E-state index contributed by atoms with van der Waals surface area (Å²) >= 11 is 0. The maximum atomic E-state index is 12.9. The number of benzene rings is 1. The van der Waals surface area contributed by atoms with E-state index in [0.717, 1.165) is 5.41 Å². The Morgan fingerprint density at radius 2 is 1.81 bits per heavy atom. The van der Waals surface area contributed by atoms with Gasteiger partial charge in [0.25, 0.3) is 10.0 Å². The van der Waals surface area contributed by atoms with Crippen molar-refractivity contribution in [2.24, 2.45) is 5.92 Å². The van der Waals surface area contributed by atoms with Crippen LogP contribution in [0, 0.1) is 5.92 Å². The second-order valence-electron chi connectivity index (χ2n) is 6.70. The zero-order valence-corrected chi connectivity index (χ0v) is 18.6. The standard InChI is InChI=1S/C22H27N3O5S/c1-4-25(5-2)22(27)19(15-18-11-12-20(30-3)23-16-18)21(26)24-31(28,29)14-13-17-9-7-6-8-10-17/h6-14,16,19H,4-5,15H2,1-3H3,(H,24,26)/b14-13+. The molecule has 1 N–H and O–H groups in total. The number of rotatable bonds is 10. The Balaban J connectivity index is 2.23. The van der Waals surface area contributed by atoms with Crippen molar-refractivity contribution in [2.45, 2.75) is 20.3 Å². The molecule has 0 aliphatic carbocycles. The van der Waals surface area contributed by atoms with Gasteiger partial charge in [0.05, 0.1) is 12.5 Å². The number of methoxy groups -OCH3 is 1. The highest BCUT2D eigenvalue weighted by Gasteiger charge is 2.32. The molecule has 2 aromatic rings. The molecule has 166 valence electrons. The van der Waals surface area contributed by atoms with E-state index in [9.17, 15) is 18.0 Å². The molecule has 0 fully saturated rings. The molecular weight excluding hydrogens is 418 g/mol. The number of aromatic nitrogens is 1. The van der Waals surface area contributed by atoms with Crippen molar-refractivity contribution < 1.29 is 22.7 Å². The third-order valence-electron chi connectivity index (χ3n) is 4.62. The summed E-state index contributed by atoms with van der Waals surface area (Å²) in [6.45, 7) is 4.40. The van der Waals surface area contributed by atoms with E-state index >= 15 is 0 Å². The summed E-state index contributed by atoms with van der Waals surface area (Å²) in [6, 6.07) is 12.1. The van der Waals surface area contributed by atoms with E-state index in [-0.39, 0.29) is 6.42 Å². The number of pyridine rings is 1. The number of carbonyl (C=O) groups is 2. The van der Waals surface area contributed by atoms with Crippen LogP contribution in [0.4, 0.5) is 0 Å². The molecule has 1 aromatic heterocycles. The van der Waals surface area contributed by atoms with Crippen LogP contribution in [0.5, 0.6) is 5.88 Å². The minimum absolute atomic E-state index is 0.0100. The first kappa shape index (κ1) is 24.1. The molecule has 1 aromatic carbocycles. The number of carbonyl (C=O) groups excluding carboxylic acids is 2. The van der Waals surface area contributed by atoms with Gasteiger partial charge in [0.1, 0.15) is 5.92 Å². The molecule has 1 unspecified atom stereocenters. The molecule has 0 aliphatic heterocycles. The minimum atomic E-state index is -4.09. The van der Waals surface area contributed by atoms with Crippen molar-refractivity contribution in [1.82, 2.24) is 14.6 Å². The van der Waals surface area contributed by atoms with Crippen molar-refractivity contribution in [3.8, 4) is 5.88 Å². The summed E-state index contributed by atoms with van der Waals surface area (Å²) in [4.78, 5) is 31.4. The zero-order chi connectivity index (χ0) is 22.9. The first-order valence-corrected chi connectivity index (χ1v) is 11.4. The highest BCUT2D eigenvalue weighted by atomic mass is 32.2. The fraction of sp³-hybridized carbons (Fsp3) is 0.318. The van der Waals surface area contributed by atoms with Crippen LogP contribution < -0.4 is 9.46 Å². The third-order valence-corrected chi connectivity index (χ3v) is 5.60. The molecular formula is C22H27N3O5S. The van der Waals surface area contributed by atoms with Crippen LogP contribution in [0.3, 0.4) is 0 Å². The molecule has 1 heterocycles. The molecule has 0 saturated carbocycles. The van der Waals surface area contributed by atoms with Crippen LogP contribution in [-0.4, -0.2) is 50.3 Å². The lowest BCUT2D eigenvalue weighted by Crippen LogP contribution is -2.45. The van der Waals surface area contributed by atoms with Crippen molar-refractivity contribution >= 4 is 27.9 Å². The van der Waals surface area contributed by atoms with Gasteiger partial charge >= 0.3 is 0 Å². The number of hydrogen-bond donors (Lipinski definition) is 1. The number of nitrogens with zero attached hydrogens (tertiary/aromatic N) is 2. The maximum Gasteiger partial charge on any atom is 0.257 e. The van der Waals surface area contributed by atoms with E-state index in [1.54, 1.807) is 50.2 Å². The van der Waals surface area contributed by atoms with Crippen LogP contribution in [0.15, 0.2) is 54.1 Å². The molecule has 0 radical (unpaired) electrons. The molecule has 0 aliphatic rings. The van der Waals surface area contributed by atoms with E-state index in [1.165, 1.54) is 24.3 Å². The topological polar surface area (TPSA) is 106 Å². The van der Waals surface area contributed by atoms with Crippen molar-refractivity contribution in [3.05, 3.63) is 65.2 Å². The molecule has 0 saturated heterocycles. The Bertz CT molecular complexity index is 1000. The molecule has 0 bridgehead atoms. The Morgan fingerprint density at radius 1 is 1.13 bits per heavy atom. The molecule has 9 heteroatoms. The summed E-state index contributed by atoms with van der Waals surface area (Å²) in [7, 11) is -2.60. The van der Waals surface area contributed by atoms with E-state index in [4.69, 9.17) is 4.74 Å². The number of amides is 2. The summed E-state index contributed by atoms with van der Waals surface area (Å²) in [5, 5.41) is 0.911. The van der Waals surface area contributed by atoms with Gasteiger partial charge in [-0.1, -0.05) is 36.4 Å². The van der Waals surface area contributed by atoms with Gasteiger partial charge in [-0.2, -0.15) is 0 Å². The van der Waals surface area contributed by atoms with Gasteiger partial charge in [0, 0.05) is 25.4 Å². The predicted octanol–water partition coefficient (Wildman–Crippen LogP) is 2.23. The molecule has 8 nitrogen and oxygen atoms in total. The van der Waals surface area contributed by atoms with Gasteiger partial charge in [-0.3, -0.25) is 9.59 Å². The maximum absolute atomic E-state index is 12.9. The first-order chi connectivity index (χ1) is 14.8. The van der Waals surface area contributed by atoms with Crippen LogP contribution in [-0.2, 0) is 26.0 Å². The van der Waals surface area contributed by atoms with Crippen molar-refractivity contribution in [3.63, 3.8) is 0 Å². The number of sulfonamides is 1. The van der Waals surface area contributed by atoms with E-state index in [2.05, 4.69) is 4.98 Å². The average Bonchev–Trinajstić information content (AvgIpc) is 2.77. The smallest absolute Gasteiger partial charge is 0.257 e. The zero-order valence-electron chi connectivity index (χ0n) is 17.8. The molecule has 2 amide bonds. The van der Waals surface area contributed by atoms with Gasteiger partial charge in [0.15, 0.2) is 0 Å². The fourth-order valence-electron chi connectivity index (χ4n) is 2.91. The molecule has 31 heavy (non-hydrogen) atoms. The number of hydrogen-bond acceptors (Lipinski definition) is 6. The Morgan fingerprint density at radius 3 is 2.35 bits per heavy atom. The van der Waals surface area contributed by atoms with E-state index in [1.807, 2.05) is 10.8 Å². The van der Waals surface area contributed by atoms with Gasteiger partial charge in [-0.05, 0) is 37.5 Å². The summed E-state index contributed by atoms with van der Waals surface area (Å²) in [5.74, 6) is -2.14. The Labute approximate surface area is 183 Å². The minimum Gasteiger partial charge on any atom is -0.481 e. The highest BCUT2D eigenvalue weighted by Crippen LogP contribution is 2.15. The van der Waals surface area contributed by atoms with Crippen molar-refractivity contribution in [2.75, 3.05) is 20.2 Å². The summed E-state index contributed by atoms with van der Waals surface area (Å²) < 4.78 is 31.9. The molecule has 1 atom stereocenters. The second-order valence-corrected chi connectivity index (χ2v) is 8.27. The summed E-state index contributed by atoms with van der Waals surface area (Å²) in [5.41, 5.74) is 1.28. The second kappa shape index (κ2) is 11.3. The number of nitrogens with one attached hydrogen (secondary N) is 1. The largest absolute Gasteiger partial charge is 0.481 e. The monoisotopic (exact) mass is 445 g/mol. The van der Waals surface area contributed by atoms with Crippen LogP contribution in [0.25, 0.3) is 6.08 Å². The van der Waals surface area contributed by atoms with Crippen molar-refractivity contribution in [1.29, 1.82) is 0 Å². The third kappa shape index (κ3) is 7.21. The highest BCUT2D eigenvalue weighted by molar-refractivity contribution is 7.93. The van der Waals surface area contributed by atoms with Gasteiger partial charge in [0.2, 0.25) is 17.7 Å². The lowest BCUT2D eigenvalue weighted by Gasteiger charge is -2.24. The van der Waals surface area contributed by atoms with Crippen LogP contribution in [0.2, 0.25) is 0 Å². The first-order valence-electron chi connectivity index (χ1n) is 9.87. The lowest BCUT2D eigenvalue weighted by molar-refractivity contribution is -0.141. The molecule has 0 spiro atoms. The molecule has 2 rings (SSSR count). The van der Waals surface area contributed by atoms with E-state index in [0.29, 0.717) is 30.1 Å². The van der Waals surface area contributed by atoms with Crippen LogP contribution >= 0.6 is 0 Å². The lowest BCUT2D eigenvalue weighted by atomic mass is 9.98.